The number of hydrogen-bond donors (Lipinski definition) is 0. The summed E-state index contributed by atoms with van der Waals surface area (Å²) in [5.74, 6) is 1.31. The highest BCUT2D eigenvalue weighted by atomic mass is 32.1. The Morgan fingerprint density at radius 3 is 2.81 bits per heavy atom. The largest absolute Gasteiger partial charge is 0.485 e. The standard InChI is InChI=1S/C20H18N2O3S/c23-20(17-12-24-15-8-2-3-9-16(15)25-17)22-11-5-7-14(22)19-21-13-6-1-4-10-18(13)26-19/h1-4,6,8-10,14,17H,5,7,11-12H2/t14-,17+/m1/s1. The van der Waals surface area contributed by atoms with E-state index in [1.54, 1.807) is 11.3 Å². The lowest BCUT2D eigenvalue weighted by atomic mass is 10.2. The second kappa shape index (κ2) is 6.29. The Morgan fingerprint density at radius 1 is 1.12 bits per heavy atom. The van der Waals surface area contributed by atoms with Gasteiger partial charge in [0.2, 0.25) is 6.10 Å². The van der Waals surface area contributed by atoms with Gasteiger partial charge in [0.05, 0.1) is 16.3 Å². The van der Waals surface area contributed by atoms with E-state index in [0.29, 0.717) is 11.5 Å². The Bertz CT molecular complexity index is 937. The molecule has 2 aliphatic rings. The summed E-state index contributed by atoms with van der Waals surface area (Å²) in [6, 6.07) is 15.6. The molecule has 1 aromatic heterocycles. The summed E-state index contributed by atoms with van der Waals surface area (Å²) in [4.78, 5) is 19.8. The molecule has 3 heterocycles. The van der Waals surface area contributed by atoms with Crippen LogP contribution in [-0.4, -0.2) is 35.0 Å². The summed E-state index contributed by atoms with van der Waals surface area (Å²) in [5.41, 5.74) is 0.998. The molecule has 2 aliphatic heterocycles. The average molecular weight is 366 g/mol. The molecule has 0 N–H and O–H groups in total. The van der Waals surface area contributed by atoms with Gasteiger partial charge in [0.15, 0.2) is 11.5 Å². The Balaban J connectivity index is 1.39. The molecule has 5 rings (SSSR count). The van der Waals surface area contributed by atoms with Crippen LogP contribution >= 0.6 is 11.3 Å². The molecule has 0 saturated carbocycles. The molecular formula is C20H18N2O3S. The van der Waals surface area contributed by atoms with Crippen molar-refractivity contribution in [3.8, 4) is 11.5 Å². The normalized spacial score (nSPS) is 21.9. The molecule has 2 aromatic carbocycles. The van der Waals surface area contributed by atoms with Gasteiger partial charge in [0.1, 0.15) is 11.6 Å². The number of para-hydroxylation sites is 3. The van der Waals surface area contributed by atoms with Crippen LogP contribution in [0.2, 0.25) is 0 Å². The number of carbonyl (C=O) groups is 1. The number of amides is 1. The summed E-state index contributed by atoms with van der Waals surface area (Å²) in [5, 5.41) is 1.01. The molecule has 0 bridgehead atoms. The molecule has 5 nitrogen and oxygen atoms in total. The molecule has 1 amide bonds. The molecule has 6 heteroatoms. The number of thiazole rings is 1. The molecule has 1 fully saturated rings. The third-order valence-electron chi connectivity index (χ3n) is 4.92. The fourth-order valence-electron chi connectivity index (χ4n) is 3.65. The Morgan fingerprint density at radius 2 is 1.92 bits per heavy atom. The number of carbonyl (C=O) groups excluding carboxylic acids is 1. The molecule has 26 heavy (non-hydrogen) atoms. The van der Waals surface area contributed by atoms with Crippen LogP contribution in [-0.2, 0) is 4.79 Å². The van der Waals surface area contributed by atoms with E-state index >= 15 is 0 Å². The Kier molecular flexibility index (Phi) is 3.78. The molecule has 0 radical (unpaired) electrons. The Hall–Kier alpha value is -2.60. The number of hydrogen-bond acceptors (Lipinski definition) is 5. The summed E-state index contributed by atoms with van der Waals surface area (Å²) >= 11 is 1.67. The highest BCUT2D eigenvalue weighted by Gasteiger charge is 2.38. The van der Waals surface area contributed by atoms with Crippen molar-refractivity contribution in [2.24, 2.45) is 0 Å². The number of fused-ring (bicyclic) bond motifs is 2. The predicted octanol–water partition coefficient (Wildman–Crippen LogP) is 3.80. The fraction of sp³-hybridized carbons (Fsp3) is 0.300. The van der Waals surface area contributed by atoms with Crippen LogP contribution in [0, 0.1) is 0 Å². The summed E-state index contributed by atoms with van der Waals surface area (Å²) in [7, 11) is 0. The topological polar surface area (TPSA) is 51.7 Å². The van der Waals surface area contributed by atoms with Crippen LogP contribution in [0.25, 0.3) is 10.2 Å². The van der Waals surface area contributed by atoms with Gasteiger partial charge in [-0.3, -0.25) is 4.79 Å². The van der Waals surface area contributed by atoms with Gasteiger partial charge in [-0.25, -0.2) is 4.98 Å². The molecule has 0 aliphatic carbocycles. The smallest absolute Gasteiger partial charge is 0.267 e. The van der Waals surface area contributed by atoms with E-state index in [0.717, 1.165) is 34.6 Å². The lowest BCUT2D eigenvalue weighted by molar-refractivity contribution is -0.142. The lowest BCUT2D eigenvalue weighted by Crippen LogP contribution is -2.46. The van der Waals surface area contributed by atoms with E-state index in [4.69, 9.17) is 14.5 Å². The van der Waals surface area contributed by atoms with Crippen LogP contribution in [0.4, 0.5) is 0 Å². The van der Waals surface area contributed by atoms with Crippen molar-refractivity contribution >= 4 is 27.5 Å². The summed E-state index contributed by atoms with van der Waals surface area (Å²) < 4.78 is 12.8. The first-order valence-corrected chi connectivity index (χ1v) is 9.66. The van der Waals surface area contributed by atoms with E-state index in [2.05, 4.69) is 6.07 Å². The number of benzene rings is 2. The van der Waals surface area contributed by atoms with Crippen molar-refractivity contribution in [1.82, 2.24) is 9.88 Å². The van der Waals surface area contributed by atoms with E-state index < -0.39 is 6.10 Å². The van der Waals surface area contributed by atoms with E-state index in [1.807, 2.05) is 47.4 Å². The summed E-state index contributed by atoms with van der Waals surface area (Å²) in [6.45, 7) is 0.986. The number of likely N-dealkylation sites (tertiary alicyclic amines) is 1. The zero-order chi connectivity index (χ0) is 17.5. The van der Waals surface area contributed by atoms with E-state index in [-0.39, 0.29) is 18.6 Å². The van der Waals surface area contributed by atoms with Crippen molar-refractivity contribution < 1.29 is 14.3 Å². The quantitative estimate of drug-likeness (QED) is 0.692. The molecule has 0 spiro atoms. The molecule has 1 saturated heterocycles. The minimum absolute atomic E-state index is 0.0127. The van der Waals surface area contributed by atoms with Crippen LogP contribution in [0.3, 0.4) is 0 Å². The van der Waals surface area contributed by atoms with Crippen LogP contribution in [0.5, 0.6) is 11.5 Å². The highest BCUT2D eigenvalue weighted by Crippen LogP contribution is 2.38. The minimum atomic E-state index is -0.597. The minimum Gasteiger partial charge on any atom is -0.485 e. The highest BCUT2D eigenvalue weighted by molar-refractivity contribution is 7.18. The van der Waals surface area contributed by atoms with Crippen molar-refractivity contribution in [3.05, 3.63) is 53.5 Å². The average Bonchev–Trinajstić information content (AvgIpc) is 3.33. The number of nitrogens with zero attached hydrogens (tertiary/aromatic N) is 2. The van der Waals surface area contributed by atoms with Gasteiger partial charge >= 0.3 is 0 Å². The zero-order valence-electron chi connectivity index (χ0n) is 14.1. The second-order valence-electron chi connectivity index (χ2n) is 6.57. The number of rotatable bonds is 2. The third kappa shape index (κ3) is 2.61. The Labute approximate surface area is 155 Å². The first-order chi connectivity index (χ1) is 12.8. The van der Waals surface area contributed by atoms with Gasteiger partial charge in [0.25, 0.3) is 5.91 Å². The fourth-order valence-corrected chi connectivity index (χ4v) is 4.76. The SMILES string of the molecule is O=C([C@@H]1COc2ccccc2O1)N1CCC[C@@H]1c1nc2ccccc2s1. The predicted molar refractivity (Wildman–Crippen MR) is 99.7 cm³/mol. The molecule has 0 unspecified atom stereocenters. The van der Waals surface area contributed by atoms with Gasteiger partial charge in [-0.05, 0) is 37.1 Å². The third-order valence-corrected chi connectivity index (χ3v) is 6.05. The maximum Gasteiger partial charge on any atom is 0.267 e. The van der Waals surface area contributed by atoms with E-state index in [9.17, 15) is 4.79 Å². The zero-order valence-corrected chi connectivity index (χ0v) is 14.9. The van der Waals surface area contributed by atoms with Crippen molar-refractivity contribution in [3.63, 3.8) is 0 Å². The maximum absolute atomic E-state index is 13.1. The van der Waals surface area contributed by atoms with Crippen molar-refractivity contribution in [2.75, 3.05) is 13.2 Å². The van der Waals surface area contributed by atoms with Gasteiger partial charge in [-0.15, -0.1) is 11.3 Å². The number of ether oxygens (including phenoxy) is 2. The van der Waals surface area contributed by atoms with Crippen molar-refractivity contribution in [2.45, 2.75) is 25.0 Å². The second-order valence-corrected chi connectivity index (χ2v) is 7.64. The van der Waals surface area contributed by atoms with E-state index in [1.165, 1.54) is 0 Å². The first-order valence-electron chi connectivity index (χ1n) is 8.84. The van der Waals surface area contributed by atoms with Gasteiger partial charge in [-0.2, -0.15) is 0 Å². The van der Waals surface area contributed by atoms with Crippen LogP contribution in [0.15, 0.2) is 48.5 Å². The van der Waals surface area contributed by atoms with Gasteiger partial charge in [0, 0.05) is 6.54 Å². The molecule has 2 atom stereocenters. The van der Waals surface area contributed by atoms with Gasteiger partial charge in [-0.1, -0.05) is 24.3 Å². The molecular weight excluding hydrogens is 348 g/mol. The lowest BCUT2D eigenvalue weighted by Gasteiger charge is -2.31. The molecule has 3 aromatic rings. The number of aromatic nitrogens is 1. The van der Waals surface area contributed by atoms with Crippen molar-refractivity contribution in [1.29, 1.82) is 0 Å². The first kappa shape index (κ1) is 15.6. The van der Waals surface area contributed by atoms with Crippen LogP contribution < -0.4 is 9.47 Å². The summed E-state index contributed by atoms with van der Waals surface area (Å²) in [6.07, 6.45) is 1.33. The monoisotopic (exact) mass is 366 g/mol. The molecule has 132 valence electrons. The van der Waals surface area contributed by atoms with Gasteiger partial charge < -0.3 is 14.4 Å². The maximum atomic E-state index is 13.1. The van der Waals surface area contributed by atoms with Crippen LogP contribution in [0.1, 0.15) is 23.9 Å².